The molecule has 2 atom stereocenters. The fraction of sp³-hybridized carbons (Fsp3) is 0.500. The Morgan fingerprint density at radius 3 is 2.00 bits per heavy atom. The number of rotatable bonds is 2. The van der Waals surface area contributed by atoms with Crippen molar-refractivity contribution in [3.63, 3.8) is 0 Å². The van der Waals surface area contributed by atoms with Gasteiger partial charge in [-0.1, -0.05) is 0 Å². The minimum atomic E-state index is -1.42. The Balaban J connectivity index is -0.000000399. The summed E-state index contributed by atoms with van der Waals surface area (Å²) in [7, 11) is 0. The first kappa shape index (κ1) is 22.2. The van der Waals surface area contributed by atoms with E-state index in [1.807, 2.05) is 0 Å². The summed E-state index contributed by atoms with van der Waals surface area (Å²) >= 11 is 0. The molecule has 1 aliphatic rings. The molecule has 1 aliphatic heterocycles. The SMILES string of the molecule is O=C1O[C@H]([C@@H](O)CO)C(O)=C1O.OO.[I-].[K+]. The van der Waals surface area contributed by atoms with Gasteiger partial charge in [-0.2, -0.15) is 0 Å². The average molecular weight is 376 g/mol. The van der Waals surface area contributed by atoms with Crippen LogP contribution < -0.4 is 75.4 Å². The summed E-state index contributed by atoms with van der Waals surface area (Å²) in [6, 6.07) is 0. The standard InChI is InChI=1S/C6H8O6.HI.K.H2O2/c7-1-2(8)5-3(9)4(10)6(11)12-5;;;1-2/h2,5,7-10H,1H2;1H;;1-2H/q;;+1;/p-1/t2-,5+;;;/m0.../s1. The predicted molar refractivity (Wildman–Crippen MR) is 40.5 cm³/mol. The maximum absolute atomic E-state index is 10.5. The summed E-state index contributed by atoms with van der Waals surface area (Å²) < 4.78 is 4.32. The van der Waals surface area contributed by atoms with Crippen LogP contribution in [0.4, 0.5) is 0 Å². The quantitative estimate of drug-likeness (QED) is 0.0916. The molecule has 0 aromatic carbocycles. The van der Waals surface area contributed by atoms with Crippen molar-refractivity contribution < 1.29 is 116 Å². The van der Waals surface area contributed by atoms with Crippen molar-refractivity contribution in [2.45, 2.75) is 12.2 Å². The third-order valence-electron chi connectivity index (χ3n) is 1.48. The molecule has 1 rings (SSSR count). The van der Waals surface area contributed by atoms with Crippen LogP contribution in [0, 0.1) is 0 Å². The van der Waals surface area contributed by atoms with Gasteiger partial charge in [-0.05, 0) is 0 Å². The van der Waals surface area contributed by atoms with Gasteiger partial charge in [-0.25, -0.2) is 4.79 Å². The average Bonchev–Trinajstić information content (AvgIpc) is 2.48. The van der Waals surface area contributed by atoms with Crippen LogP contribution in [-0.4, -0.2) is 55.7 Å². The van der Waals surface area contributed by atoms with Gasteiger partial charge in [-0.3, -0.25) is 10.5 Å². The van der Waals surface area contributed by atoms with Crippen LogP contribution in [0.3, 0.4) is 0 Å². The number of hydrogen-bond donors (Lipinski definition) is 6. The van der Waals surface area contributed by atoms with Crippen molar-refractivity contribution in [1.82, 2.24) is 0 Å². The number of carbonyl (C=O) groups is 1. The maximum atomic E-state index is 10.5. The van der Waals surface area contributed by atoms with Gasteiger partial charge in [0.05, 0.1) is 6.61 Å². The summed E-state index contributed by atoms with van der Waals surface area (Å²) in [5.41, 5.74) is 0. The summed E-state index contributed by atoms with van der Waals surface area (Å²) in [4.78, 5) is 10.5. The fourth-order valence-electron chi connectivity index (χ4n) is 0.823. The molecule has 0 spiro atoms. The molecule has 0 aromatic rings. The van der Waals surface area contributed by atoms with Crippen molar-refractivity contribution in [3.8, 4) is 0 Å². The zero-order chi connectivity index (χ0) is 11.3. The van der Waals surface area contributed by atoms with E-state index in [4.69, 9.17) is 30.9 Å². The summed E-state index contributed by atoms with van der Waals surface area (Å²) in [5.74, 6) is -2.78. The van der Waals surface area contributed by atoms with Crippen molar-refractivity contribution in [2.75, 3.05) is 6.61 Å². The smallest absolute Gasteiger partial charge is 1.00 e. The molecule has 0 saturated heterocycles. The molecule has 0 radical (unpaired) electrons. The first-order valence-electron chi connectivity index (χ1n) is 3.40. The molecule has 0 fully saturated rings. The minimum Gasteiger partial charge on any atom is -1.00 e. The van der Waals surface area contributed by atoms with E-state index in [9.17, 15) is 4.79 Å². The topological polar surface area (TPSA) is 148 Å². The Bertz CT molecular complexity index is 245. The maximum Gasteiger partial charge on any atom is 1.00 e. The molecule has 0 aromatic heterocycles. The molecular weight excluding hydrogens is 366 g/mol. The van der Waals surface area contributed by atoms with Crippen LogP contribution in [-0.2, 0) is 9.53 Å². The van der Waals surface area contributed by atoms with Gasteiger partial charge in [0.1, 0.15) is 6.10 Å². The van der Waals surface area contributed by atoms with Crippen LogP contribution in [0.15, 0.2) is 11.5 Å². The number of esters is 1. The van der Waals surface area contributed by atoms with Gasteiger partial charge in [0.25, 0.3) is 0 Å². The molecular formula is C6H10IKO8. The van der Waals surface area contributed by atoms with E-state index in [2.05, 4.69) is 4.74 Å². The van der Waals surface area contributed by atoms with Gasteiger partial charge < -0.3 is 49.1 Å². The zero-order valence-corrected chi connectivity index (χ0v) is 13.5. The van der Waals surface area contributed by atoms with Crippen molar-refractivity contribution >= 4 is 5.97 Å². The summed E-state index contributed by atoms with van der Waals surface area (Å²) in [6.07, 6.45) is -2.78. The Hall–Kier alpha value is 1.02. The second kappa shape index (κ2) is 11.1. The normalized spacial score (nSPS) is 19.8. The van der Waals surface area contributed by atoms with Gasteiger partial charge >= 0.3 is 57.4 Å². The Labute approximate surface area is 150 Å². The van der Waals surface area contributed by atoms with Gasteiger partial charge in [0, 0.05) is 0 Å². The molecule has 1 heterocycles. The van der Waals surface area contributed by atoms with E-state index in [1.54, 1.807) is 0 Å². The summed E-state index contributed by atoms with van der Waals surface area (Å²) in [6.45, 7) is -0.671. The molecule has 0 bridgehead atoms. The second-order valence-electron chi connectivity index (χ2n) is 2.31. The Morgan fingerprint density at radius 1 is 1.31 bits per heavy atom. The number of halogens is 1. The second-order valence-corrected chi connectivity index (χ2v) is 2.31. The van der Waals surface area contributed by atoms with E-state index < -0.39 is 36.3 Å². The monoisotopic (exact) mass is 376 g/mol. The van der Waals surface area contributed by atoms with E-state index >= 15 is 0 Å². The Morgan fingerprint density at radius 2 is 1.75 bits per heavy atom. The number of cyclic esters (lactones) is 1. The Kier molecular flexibility index (Phi) is 15.5. The van der Waals surface area contributed by atoms with E-state index in [1.165, 1.54) is 0 Å². The van der Waals surface area contributed by atoms with Crippen molar-refractivity contribution in [1.29, 1.82) is 0 Å². The number of ether oxygens (including phenoxy) is 1. The zero-order valence-electron chi connectivity index (χ0n) is 8.24. The van der Waals surface area contributed by atoms with Gasteiger partial charge in [0.2, 0.25) is 5.76 Å². The van der Waals surface area contributed by atoms with Crippen LogP contribution in [0.25, 0.3) is 0 Å². The molecule has 90 valence electrons. The van der Waals surface area contributed by atoms with E-state index in [0.717, 1.165) is 0 Å². The number of aliphatic hydroxyl groups excluding tert-OH is 4. The third kappa shape index (κ3) is 5.57. The molecule has 6 N–H and O–H groups in total. The van der Waals surface area contributed by atoms with Crippen LogP contribution in [0.5, 0.6) is 0 Å². The molecule has 16 heavy (non-hydrogen) atoms. The molecule has 0 unspecified atom stereocenters. The van der Waals surface area contributed by atoms with Crippen LogP contribution in [0.2, 0.25) is 0 Å². The molecule has 10 heteroatoms. The molecule has 0 amide bonds. The van der Waals surface area contributed by atoms with E-state index in [0.29, 0.717) is 0 Å². The van der Waals surface area contributed by atoms with Crippen LogP contribution >= 0.6 is 0 Å². The van der Waals surface area contributed by atoms with Crippen molar-refractivity contribution in [3.05, 3.63) is 11.5 Å². The largest absolute Gasteiger partial charge is 1.00 e. The van der Waals surface area contributed by atoms with Gasteiger partial charge in [0.15, 0.2) is 11.9 Å². The molecule has 8 nitrogen and oxygen atoms in total. The summed E-state index contributed by atoms with van der Waals surface area (Å²) in [5, 5.41) is 47.0. The first-order valence-corrected chi connectivity index (χ1v) is 3.40. The van der Waals surface area contributed by atoms with Crippen molar-refractivity contribution in [2.24, 2.45) is 0 Å². The molecule has 0 aliphatic carbocycles. The first-order chi connectivity index (χ1) is 6.57. The number of hydrogen-bond acceptors (Lipinski definition) is 8. The minimum absolute atomic E-state index is 0. The van der Waals surface area contributed by atoms with Gasteiger partial charge in [-0.15, -0.1) is 0 Å². The number of carbonyl (C=O) groups excluding carboxylic acids is 1. The van der Waals surface area contributed by atoms with Crippen LogP contribution in [0.1, 0.15) is 0 Å². The predicted octanol–water partition coefficient (Wildman–Crippen LogP) is -7.38. The fourth-order valence-corrected chi connectivity index (χ4v) is 0.823. The molecule has 0 saturated carbocycles. The third-order valence-corrected chi connectivity index (χ3v) is 1.48. The van der Waals surface area contributed by atoms with E-state index in [-0.39, 0.29) is 75.4 Å². The number of aliphatic hydroxyl groups is 4.